The lowest BCUT2D eigenvalue weighted by Crippen LogP contribution is -2.31. The van der Waals surface area contributed by atoms with Gasteiger partial charge in [-0.05, 0) is 78.7 Å². The van der Waals surface area contributed by atoms with E-state index in [1.165, 1.54) is 17.7 Å². The number of rotatable bonds is 3. The van der Waals surface area contributed by atoms with E-state index in [0.29, 0.717) is 6.04 Å². The second-order valence-electron chi connectivity index (χ2n) is 7.65. The van der Waals surface area contributed by atoms with Crippen LogP contribution in [0.25, 0.3) is 22.4 Å². The predicted molar refractivity (Wildman–Crippen MR) is 110 cm³/mol. The van der Waals surface area contributed by atoms with Gasteiger partial charge in [-0.25, -0.2) is 4.39 Å². The smallest absolute Gasteiger partial charge is 0.123 e. The van der Waals surface area contributed by atoms with E-state index in [0.717, 1.165) is 41.8 Å². The molecule has 0 aliphatic carbocycles. The first kappa shape index (κ1) is 17.0. The van der Waals surface area contributed by atoms with Crippen molar-refractivity contribution in [1.29, 1.82) is 0 Å². The van der Waals surface area contributed by atoms with Gasteiger partial charge < -0.3 is 9.47 Å². The second kappa shape index (κ2) is 6.79. The molecule has 1 unspecified atom stereocenters. The number of nitrogens with zero attached hydrogens (tertiary/aromatic N) is 3. The van der Waals surface area contributed by atoms with E-state index in [9.17, 15) is 4.39 Å². The van der Waals surface area contributed by atoms with E-state index < -0.39 is 0 Å². The molecule has 0 N–H and O–H groups in total. The molecule has 0 spiro atoms. The van der Waals surface area contributed by atoms with Crippen molar-refractivity contribution >= 4 is 0 Å². The van der Waals surface area contributed by atoms with Gasteiger partial charge in [-0.2, -0.15) is 0 Å². The second-order valence-corrected chi connectivity index (χ2v) is 7.65. The Hall–Kier alpha value is -3.14. The Morgan fingerprint density at radius 3 is 2.57 bits per heavy atom. The molecule has 0 radical (unpaired) electrons. The average molecular weight is 371 g/mol. The number of pyridine rings is 1. The fraction of sp³-hybridized carbons (Fsp3) is 0.208. The minimum Gasteiger partial charge on any atom is -0.370 e. The van der Waals surface area contributed by atoms with Crippen LogP contribution in [0.1, 0.15) is 18.9 Å². The van der Waals surface area contributed by atoms with Gasteiger partial charge in [-0.15, -0.1) is 0 Å². The highest BCUT2D eigenvalue weighted by molar-refractivity contribution is 5.81. The van der Waals surface area contributed by atoms with Crippen LogP contribution in [0.15, 0.2) is 85.5 Å². The standard InChI is InChI=1S/C24H22FN3/c1-17-14-22-15-21(8-12-27(22)16-17)28-13-9-23(18-6-10-26-11-7-18)24(28)19-2-4-20(25)5-3-19/h2-13,21-22H,1,14-16H2/t21?,22-/m0/s1. The van der Waals surface area contributed by atoms with Crippen LogP contribution in [0.3, 0.4) is 0 Å². The Kier molecular flexibility index (Phi) is 4.12. The van der Waals surface area contributed by atoms with Gasteiger partial charge in [0.25, 0.3) is 0 Å². The van der Waals surface area contributed by atoms with Crippen LogP contribution in [-0.2, 0) is 0 Å². The third-order valence-corrected chi connectivity index (χ3v) is 5.79. The minimum atomic E-state index is -0.218. The number of benzene rings is 1. The lowest BCUT2D eigenvalue weighted by atomic mass is 9.98. The van der Waals surface area contributed by atoms with Crippen molar-refractivity contribution in [2.24, 2.45) is 0 Å². The van der Waals surface area contributed by atoms with E-state index in [1.54, 1.807) is 0 Å². The highest BCUT2D eigenvalue weighted by Crippen LogP contribution is 2.39. The zero-order chi connectivity index (χ0) is 19.1. The molecule has 5 rings (SSSR count). The molecule has 4 heteroatoms. The van der Waals surface area contributed by atoms with E-state index >= 15 is 0 Å². The Morgan fingerprint density at radius 1 is 1.00 bits per heavy atom. The molecule has 3 aromatic rings. The molecule has 2 aromatic heterocycles. The molecule has 4 heterocycles. The van der Waals surface area contributed by atoms with Crippen molar-refractivity contribution in [2.75, 3.05) is 6.54 Å². The predicted octanol–water partition coefficient (Wildman–Crippen LogP) is 5.45. The van der Waals surface area contributed by atoms with Gasteiger partial charge in [0, 0.05) is 36.7 Å². The molecule has 1 saturated heterocycles. The first-order valence-corrected chi connectivity index (χ1v) is 9.67. The molecule has 2 aliphatic heterocycles. The van der Waals surface area contributed by atoms with Gasteiger partial charge >= 0.3 is 0 Å². The number of hydrogen-bond donors (Lipinski definition) is 0. The molecule has 0 bridgehead atoms. The maximum absolute atomic E-state index is 13.6. The number of hydrogen-bond acceptors (Lipinski definition) is 2. The van der Waals surface area contributed by atoms with Gasteiger partial charge in [0.1, 0.15) is 5.82 Å². The van der Waals surface area contributed by atoms with Crippen LogP contribution in [0.4, 0.5) is 4.39 Å². The summed E-state index contributed by atoms with van der Waals surface area (Å²) in [5.74, 6) is -0.218. The van der Waals surface area contributed by atoms with Gasteiger partial charge in [-0.3, -0.25) is 4.98 Å². The van der Waals surface area contributed by atoms with Gasteiger partial charge in [0.2, 0.25) is 0 Å². The summed E-state index contributed by atoms with van der Waals surface area (Å²) < 4.78 is 15.9. The zero-order valence-corrected chi connectivity index (χ0v) is 15.6. The Bertz CT molecular complexity index is 1030. The van der Waals surface area contributed by atoms with Crippen molar-refractivity contribution in [2.45, 2.75) is 24.9 Å². The lowest BCUT2D eigenvalue weighted by molar-refractivity contribution is 0.282. The quantitative estimate of drug-likeness (QED) is 0.571. The van der Waals surface area contributed by atoms with E-state index in [-0.39, 0.29) is 11.9 Å². The van der Waals surface area contributed by atoms with Crippen molar-refractivity contribution in [3.8, 4) is 22.4 Å². The Labute approximate surface area is 164 Å². The molecule has 2 aliphatic rings. The largest absolute Gasteiger partial charge is 0.370 e. The maximum atomic E-state index is 13.6. The monoisotopic (exact) mass is 371 g/mol. The summed E-state index contributed by atoms with van der Waals surface area (Å²) in [5, 5.41) is 0. The van der Waals surface area contributed by atoms with E-state index in [1.807, 2.05) is 36.7 Å². The Morgan fingerprint density at radius 2 is 1.79 bits per heavy atom. The summed E-state index contributed by atoms with van der Waals surface area (Å²) in [6.45, 7) is 5.13. The summed E-state index contributed by atoms with van der Waals surface area (Å²) >= 11 is 0. The van der Waals surface area contributed by atoms with Crippen molar-refractivity contribution in [3.05, 3.63) is 91.3 Å². The van der Waals surface area contributed by atoms with Gasteiger partial charge in [0.05, 0.1) is 11.7 Å². The van der Waals surface area contributed by atoms with Crippen LogP contribution >= 0.6 is 0 Å². The molecular formula is C24H22FN3. The topological polar surface area (TPSA) is 21.1 Å². The molecule has 0 saturated carbocycles. The molecule has 28 heavy (non-hydrogen) atoms. The first-order chi connectivity index (χ1) is 13.7. The third-order valence-electron chi connectivity index (χ3n) is 5.79. The number of halogens is 1. The summed E-state index contributed by atoms with van der Waals surface area (Å²) in [4.78, 5) is 6.54. The zero-order valence-electron chi connectivity index (χ0n) is 15.6. The fourth-order valence-electron chi connectivity index (χ4n) is 4.47. The highest BCUT2D eigenvalue weighted by atomic mass is 19.1. The molecule has 3 nitrogen and oxygen atoms in total. The van der Waals surface area contributed by atoms with Crippen LogP contribution < -0.4 is 0 Å². The summed E-state index contributed by atoms with van der Waals surface area (Å²) in [6, 6.07) is 13.8. The van der Waals surface area contributed by atoms with Crippen molar-refractivity contribution in [1.82, 2.24) is 14.5 Å². The van der Waals surface area contributed by atoms with Gasteiger partial charge in [0.15, 0.2) is 0 Å². The van der Waals surface area contributed by atoms with Crippen LogP contribution in [0.5, 0.6) is 0 Å². The molecule has 140 valence electrons. The number of allylic oxidation sites excluding steroid dienone is 1. The Balaban J connectivity index is 1.60. The van der Waals surface area contributed by atoms with Crippen LogP contribution in [0.2, 0.25) is 0 Å². The SMILES string of the molecule is C=C1C[C@H]2CC(n3ccc(-c4ccncc4)c3-c3ccc(F)cc3)C=CN2C1. The number of aromatic nitrogens is 2. The first-order valence-electron chi connectivity index (χ1n) is 9.67. The maximum Gasteiger partial charge on any atom is 0.123 e. The minimum absolute atomic E-state index is 0.218. The van der Waals surface area contributed by atoms with Crippen LogP contribution in [0, 0.1) is 5.82 Å². The molecule has 1 fully saturated rings. The number of fused-ring (bicyclic) bond motifs is 1. The fourth-order valence-corrected chi connectivity index (χ4v) is 4.47. The molecule has 2 atom stereocenters. The lowest BCUT2D eigenvalue weighted by Gasteiger charge is -2.32. The van der Waals surface area contributed by atoms with Crippen molar-refractivity contribution in [3.63, 3.8) is 0 Å². The molecule has 0 amide bonds. The van der Waals surface area contributed by atoms with E-state index in [4.69, 9.17) is 0 Å². The highest BCUT2D eigenvalue weighted by Gasteiger charge is 2.31. The summed E-state index contributed by atoms with van der Waals surface area (Å²) in [5.41, 5.74) is 5.69. The average Bonchev–Trinajstić information content (AvgIpc) is 3.31. The normalized spacial score (nSPS) is 21.2. The third kappa shape index (κ3) is 2.95. The van der Waals surface area contributed by atoms with Crippen molar-refractivity contribution < 1.29 is 4.39 Å². The summed E-state index contributed by atoms with van der Waals surface area (Å²) in [6.07, 6.45) is 12.4. The van der Waals surface area contributed by atoms with Crippen LogP contribution in [-0.4, -0.2) is 27.0 Å². The summed E-state index contributed by atoms with van der Waals surface area (Å²) in [7, 11) is 0. The van der Waals surface area contributed by atoms with E-state index in [2.05, 4.69) is 45.6 Å². The molecule has 1 aromatic carbocycles. The molecular weight excluding hydrogens is 349 g/mol. The van der Waals surface area contributed by atoms with Gasteiger partial charge in [-0.1, -0.05) is 12.2 Å².